The Kier molecular flexibility index (Phi) is 5.09. The second-order valence-electron chi connectivity index (χ2n) is 6.36. The number of thioether (sulfide) groups is 1. The molecule has 3 nitrogen and oxygen atoms in total. The predicted molar refractivity (Wildman–Crippen MR) is 105 cm³/mol. The summed E-state index contributed by atoms with van der Waals surface area (Å²) in [5.74, 6) is 0.208. The molecule has 0 atom stereocenters. The largest absolute Gasteiger partial charge is 0.298 e. The van der Waals surface area contributed by atoms with Gasteiger partial charge < -0.3 is 0 Å². The summed E-state index contributed by atoms with van der Waals surface area (Å²) < 4.78 is 0. The van der Waals surface area contributed by atoms with Crippen molar-refractivity contribution in [1.82, 2.24) is 0 Å². The van der Waals surface area contributed by atoms with Crippen LogP contribution in [-0.4, -0.2) is 11.1 Å². The van der Waals surface area contributed by atoms with E-state index in [1.54, 1.807) is 6.08 Å². The van der Waals surface area contributed by atoms with Gasteiger partial charge in [-0.05, 0) is 59.0 Å². The van der Waals surface area contributed by atoms with Crippen LogP contribution in [0.5, 0.6) is 0 Å². The Hall–Kier alpha value is -2.33. The lowest BCUT2D eigenvalue weighted by molar-refractivity contribution is -0.113. The third kappa shape index (κ3) is 3.69. The number of carbonyl (C=O) groups is 2. The molecule has 0 aromatic heterocycles. The van der Waals surface area contributed by atoms with Crippen molar-refractivity contribution >= 4 is 34.7 Å². The molecule has 1 heterocycles. The van der Waals surface area contributed by atoms with Crippen LogP contribution >= 0.6 is 11.8 Å². The molecule has 2 aromatic rings. The first-order valence-corrected chi connectivity index (χ1v) is 9.28. The molecule has 0 spiro atoms. The number of rotatable bonds is 4. The average Bonchev–Trinajstić information content (AvgIpc) is 2.89. The summed E-state index contributed by atoms with van der Waals surface area (Å²) in [7, 11) is 0. The van der Waals surface area contributed by atoms with Gasteiger partial charge in [-0.1, -0.05) is 57.2 Å². The Morgan fingerprint density at radius 2 is 1.64 bits per heavy atom. The quantitative estimate of drug-likeness (QED) is 0.672. The molecule has 1 aliphatic heterocycles. The van der Waals surface area contributed by atoms with Crippen LogP contribution in [0.2, 0.25) is 0 Å². The summed E-state index contributed by atoms with van der Waals surface area (Å²) in [5, 5.41) is -0.251. The highest BCUT2D eigenvalue weighted by molar-refractivity contribution is 8.19. The number of hydrogen-bond acceptors (Lipinski definition) is 3. The van der Waals surface area contributed by atoms with Gasteiger partial charge in [0, 0.05) is 0 Å². The predicted octanol–water partition coefficient (Wildman–Crippen LogP) is 5.61. The molecule has 0 bridgehead atoms. The number of nitrogens with zero attached hydrogens (tertiary/aromatic N) is 1. The number of anilines is 1. The van der Waals surface area contributed by atoms with Crippen molar-refractivity contribution in [1.29, 1.82) is 0 Å². The molecule has 1 saturated heterocycles. The van der Waals surface area contributed by atoms with Crippen LogP contribution in [0.4, 0.5) is 10.5 Å². The fourth-order valence-electron chi connectivity index (χ4n) is 2.70. The van der Waals surface area contributed by atoms with Crippen LogP contribution in [0.1, 0.15) is 43.4 Å². The summed E-state index contributed by atoms with van der Waals surface area (Å²) in [5.41, 5.74) is 3.98. The third-order valence-corrected chi connectivity index (χ3v) is 5.17. The van der Waals surface area contributed by atoms with Crippen LogP contribution in [-0.2, 0) is 11.2 Å². The second kappa shape index (κ2) is 7.28. The first-order chi connectivity index (χ1) is 12.0. The standard InChI is InChI=1S/C21H21NO2S/c1-4-15-7-11-18(12-8-15)22-20(23)19(25-21(22)24)13-16-5-9-17(10-6-16)14(2)3/h5-14H,4H2,1-3H3/b19-13-. The number of aryl methyl sites for hydroxylation is 1. The normalized spacial score (nSPS) is 16.3. The van der Waals surface area contributed by atoms with E-state index in [1.165, 1.54) is 16.0 Å². The minimum Gasteiger partial charge on any atom is -0.268 e. The van der Waals surface area contributed by atoms with E-state index >= 15 is 0 Å². The van der Waals surface area contributed by atoms with Gasteiger partial charge >= 0.3 is 0 Å². The highest BCUT2D eigenvalue weighted by Gasteiger charge is 2.36. The molecule has 128 valence electrons. The molecule has 4 heteroatoms. The molecule has 1 aliphatic rings. The van der Waals surface area contributed by atoms with Crippen LogP contribution in [0.3, 0.4) is 0 Å². The highest BCUT2D eigenvalue weighted by Crippen LogP contribution is 2.35. The van der Waals surface area contributed by atoms with E-state index in [0.717, 1.165) is 23.7 Å². The molecular weight excluding hydrogens is 330 g/mol. The molecule has 25 heavy (non-hydrogen) atoms. The van der Waals surface area contributed by atoms with Crippen LogP contribution in [0.25, 0.3) is 6.08 Å². The summed E-state index contributed by atoms with van der Waals surface area (Å²) >= 11 is 0.990. The molecule has 2 amide bonds. The van der Waals surface area contributed by atoms with E-state index in [9.17, 15) is 9.59 Å². The van der Waals surface area contributed by atoms with E-state index in [2.05, 4.69) is 32.9 Å². The van der Waals surface area contributed by atoms with Gasteiger partial charge in [0.05, 0.1) is 10.6 Å². The molecule has 0 N–H and O–H groups in total. The Bertz CT molecular complexity index is 820. The maximum Gasteiger partial charge on any atom is 0.298 e. The molecule has 0 saturated carbocycles. The lowest BCUT2D eigenvalue weighted by atomic mass is 10.0. The van der Waals surface area contributed by atoms with Gasteiger partial charge in [-0.25, -0.2) is 4.90 Å². The molecular formula is C21H21NO2S. The second-order valence-corrected chi connectivity index (χ2v) is 7.35. The lowest BCUT2D eigenvalue weighted by Gasteiger charge is -2.12. The Morgan fingerprint density at radius 1 is 1.00 bits per heavy atom. The van der Waals surface area contributed by atoms with Crippen molar-refractivity contribution in [2.24, 2.45) is 0 Å². The Labute approximate surface area is 152 Å². The fraction of sp³-hybridized carbons (Fsp3) is 0.238. The maximum absolute atomic E-state index is 12.7. The van der Waals surface area contributed by atoms with Crippen molar-refractivity contribution < 1.29 is 9.59 Å². The summed E-state index contributed by atoms with van der Waals surface area (Å²) in [4.78, 5) is 26.7. The van der Waals surface area contributed by atoms with Crippen molar-refractivity contribution in [3.63, 3.8) is 0 Å². The summed E-state index contributed by atoms with van der Waals surface area (Å²) in [6.45, 7) is 6.36. The van der Waals surface area contributed by atoms with Gasteiger partial charge in [-0.3, -0.25) is 9.59 Å². The zero-order valence-corrected chi connectivity index (χ0v) is 15.5. The van der Waals surface area contributed by atoms with Gasteiger partial charge in [0.15, 0.2) is 0 Å². The fourth-order valence-corrected chi connectivity index (χ4v) is 3.54. The minimum absolute atomic E-state index is 0.251. The van der Waals surface area contributed by atoms with Crippen LogP contribution in [0, 0.1) is 0 Å². The van der Waals surface area contributed by atoms with E-state index in [0.29, 0.717) is 16.5 Å². The zero-order valence-electron chi connectivity index (χ0n) is 14.7. The Morgan fingerprint density at radius 3 is 2.20 bits per heavy atom. The van der Waals surface area contributed by atoms with Crippen molar-refractivity contribution in [3.8, 4) is 0 Å². The van der Waals surface area contributed by atoms with E-state index in [1.807, 2.05) is 36.4 Å². The molecule has 0 aliphatic carbocycles. The topological polar surface area (TPSA) is 37.4 Å². The number of hydrogen-bond donors (Lipinski definition) is 0. The highest BCUT2D eigenvalue weighted by atomic mass is 32.2. The summed E-state index contributed by atoms with van der Waals surface area (Å²) in [6.07, 6.45) is 2.71. The van der Waals surface area contributed by atoms with Gasteiger partial charge in [0.25, 0.3) is 11.1 Å². The number of benzene rings is 2. The average molecular weight is 351 g/mol. The van der Waals surface area contributed by atoms with E-state index in [4.69, 9.17) is 0 Å². The summed E-state index contributed by atoms with van der Waals surface area (Å²) in [6, 6.07) is 15.7. The molecule has 3 rings (SSSR count). The van der Waals surface area contributed by atoms with E-state index < -0.39 is 0 Å². The van der Waals surface area contributed by atoms with Crippen molar-refractivity contribution in [2.75, 3.05) is 4.90 Å². The first kappa shape index (κ1) is 17.5. The van der Waals surface area contributed by atoms with Crippen LogP contribution in [0.15, 0.2) is 53.4 Å². The van der Waals surface area contributed by atoms with Gasteiger partial charge in [-0.2, -0.15) is 0 Å². The number of imide groups is 1. The van der Waals surface area contributed by atoms with Gasteiger partial charge in [0.1, 0.15) is 0 Å². The SMILES string of the molecule is CCc1ccc(N2C(=O)S/C(=C\c3ccc(C(C)C)cc3)C2=O)cc1. The maximum atomic E-state index is 12.7. The zero-order chi connectivity index (χ0) is 18.0. The minimum atomic E-state index is -0.257. The number of amides is 2. The molecule has 0 unspecified atom stereocenters. The molecule has 2 aromatic carbocycles. The van der Waals surface area contributed by atoms with E-state index in [-0.39, 0.29) is 11.1 Å². The van der Waals surface area contributed by atoms with Gasteiger partial charge in [-0.15, -0.1) is 0 Å². The third-order valence-electron chi connectivity index (χ3n) is 4.30. The molecule has 1 fully saturated rings. The lowest BCUT2D eigenvalue weighted by Crippen LogP contribution is -2.27. The smallest absolute Gasteiger partial charge is 0.268 e. The molecule has 0 radical (unpaired) electrons. The number of carbonyl (C=O) groups excluding carboxylic acids is 2. The van der Waals surface area contributed by atoms with Gasteiger partial charge in [0.2, 0.25) is 0 Å². The van der Waals surface area contributed by atoms with Crippen LogP contribution < -0.4 is 4.90 Å². The Balaban J connectivity index is 1.84. The monoisotopic (exact) mass is 351 g/mol. The van der Waals surface area contributed by atoms with Crippen molar-refractivity contribution in [2.45, 2.75) is 33.1 Å². The van der Waals surface area contributed by atoms with Crippen molar-refractivity contribution in [3.05, 3.63) is 70.1 Å². The first-order valence-electron chi connectivity index (χ1n) is 8.46.